The van der Waals surface area contributed by atoms with Crippen molar-refractivity contribution in [2.75, 3.05) is 13.1 Å². The standard InChI is InChI=1S/C4H9FN2/c5-3-1-7-2-4(3)6/h3-4,7H,1-2,6H2/t3-,4+/m0/s1. The summed E-state index contributed by atoms with van der Waals surface area (Å²) in [5, 5.41) is 2.82. The molecule has 0 spiro atoms. The van der Waals surface area contributed by atoms with Gasteiger partial charge in [0.15, 0.2) is 0 Å². The quantitative estimate of drug-likeness (QED) is 0.424. The van der Waals surface area contributed by atoms with Gasteiger partial charge < -0.3 is 11.1 Å². The maximum atomic E-state index is 12.1. The molecular weight excluding hydrogens is 95.1 g/mol. The Kier molecular flexibility index (Phi) is 1.25. The van der Waals surface area contributed by atoms with Crippen LogP contribution >= 0.6 is 0 Å². The van der Waals surface area contributed by atoms with Crippen molar-refractivity contribution in [2.24, 2.45) is 5.73 Å². The molecule has 0 saturated carbocycles. The van der Waals surface area contributed by atoms with Crippen molar-refractivity contribution in [3.8, 4) is 0 Å². The molecular formula is C4H9FN2. The number of halogens is 1. The predicted octanol–water partition coefficient (Wildman–Crippen LogP) is -0.745. The Labute approximate surface area is 41.9 Å². The van der Waals surface area contributed by atoms with E-state index in [1.165, 1.54) is 0 Å². The molecule has 2 atom stereocenters. The zero-order chi connectivity index (χ0) is 5.28. The van der Waals surface area contributed by atoms with Crippen LogP contribution in [0.5, 0.6) is 0 Å². The minimum absolute atomic E-state index is 0.264. The molecule has 0 bridgehead atoms. The Bertz CT molecular complexity index is 58.7. The van der Waals surface area contributed by atoms with E-state index >= 15 is 0 Å². The van der Waals surface area contributed by atoms with Crippen LogP contribution in [0.4, 0.5) is 4.39 Å². The molecule has 0 aromatic rings. The Morgan fingerprint density at radius 2 is 2.29 bits per heavy atom. The van der Waals surface area contributed by atoms with E-state index in [0.29, 0.717) is 13.1 Å². The topological polar surface area (TPSA) is 38.0 Å². The third kappa shape index (κ3) is 0.894. The number of nitrogens with one attached hydrogen (secondary N) is 1. The van der Waals surface area contributed by atoms with E-state index in [0.717, 1.165) is 0 Å². The van der Waals surface area contributed by atoms with Gasteiger partial charge in [0.05, 0.1) is 0 Å². The number of alkyl halides is 1. The minimum atomic E-state index is -0.819. The van der Waals surface area contributed by atoms with E-state index in [-0.39, 0.29) is 6.04 Å². The van der Waals surface area contributed by atoms with E-state index in [1.54, 1.807) is 0 Å². The molecule has 7 heavy (non-hydrogen) atoms. The van der Waals surface area contributed by atoms with E-state index in [4.69, 9.17) is 5.73 Å². The van der Waals surface area contributed by atoms with Gasteiger partial charge in [-0.05, 0) is 0 Å². The summed E-state index contributed by atoms with van der Waals surface area (Å²) in [4.78, 5) is 0. The van der Waals surface area contributed by atoms with Crippen molar-refractivity contribution in [3.63, 3.8) is 0 Å². The Hall–Kier alpha value is -0.150. The molecule has 1 rings (SSSR count). The van der Waals surface area contributed by atoms with Crippen molar-refractivity contribution < 1.29 is 4.39 Å². The third-order valence-electron chi connectivity index (χ3n) is 1.18. The lowest BCUT2D eigenvalue weighted by Gasteiger charge is -1.99. The molecule has 3 N–H and O–H groups in total. The van der Waals surface area contributed by atoms with Gasteiger partial charge in [-0.3, -0.25) is 0 Å². The summed E-state index contributed by atoms with van der Waals surface area (Å²) < 4.78 is 12.1. The Balaban J connectivity index is 2.33. The highest BCUT2D eigenvalue weighted by molar-refractivity contribution is 4.83. The van der Waals surface area contributed by atoms with Crippen molar-refractivity contribution in [2.45, 2.75) is 12.2 Å². The fourth-order valence-electron chi connectivity index (χ4n) is 0.667. The largest absolute Gasteiger partial charge is 0.324 e. The minimum Gasteiger partial charge on any atom is -0.324 e. The lowest BCUT2D eigenvalue weighted by Crippen LogP contribution is -2.29. The van der Waals surface area contributed by atoms with Crippen LogP contribution < -0.4 is 11.1 Å². The van der Waals surface area contributed by atoms with Gasteiger partial charge in [0.25, 0.3) is 0 Å². The first-order valence-corrected chi connectivity index (χ1v) is 2.41. The van der Waals surface area contributed by atoms with Crippen LogP contribution in [0.15, 0.2) is 0 Å². The van der Waals surface area contributed by atoms with E-state index in [1.807, 2.05) is 0 Å². The molecule has 0 amide bonds. The molecule has 2 nitrogen and oxygen atoms in total. The molecule has 1 saturated heterocycles. The number of hydrogen-bond acceptors (Lipinski definition) is 2. The highest BCUT2D eigenvalue weighted by atomic mass is 19.1. The molecule has 0 aliphatic carbocycles. The van der Waals surface area contributed by atoms with Crippen LogP contribution in [0, 0.1) is 0 Å². The monoisotopic (exact) mass is 104 g/mol. The summed E-state index contributed by atoms with van der Waals surface area (Å²) in [5.41, 5.74) is 5.24. The molecule has 0 unspecified atom stereocenters. The van der Waals surface area contributed by atoms with Gasteiger partial charge in [0.2, 0.25) is 0 Å². The average molecular weight is 104 g/mol. The lowest BCUT2D eigenvalue weighted by atomic mass is 10.3. The second kappa shape index (κ2) is 1.76. The summed E-state index contributed by atoms with van der Waals surface area (Å²) in [7, 11) is 0. The van der Waals surface area contributed by atoms with Gasteiger partial charge in [-0.15, -0.1) is 0 Å². The fraction of sp³-hybridized carbons (Fsp3) is 1.00. The maximum Gasteiger partial charge on any atom is 0.129 e. The fourth-order valence-corrected chi connectivity index (χ4v) is 0.667. The lowest BCUT2D eigenvalue weighted by molar-refractivity contribution is 0.332. The molecule has 0 aromatic heterocycles. The zero-order valence-electron chi connectivity index (χ0n) is 4.02. The predicted molar refractivity (Wildman–Crippen MR) is 25.7 cm³/mol. The van der Waals surface area contributed by atoms with E-state index in [2.05, 4.69) is 5.32 Å². The van der Waals surface area contributed by atoms with E-state index in [9.17, 15) is 4.39 Å². The summed E-state index contributed by atoms with van der Waals surface area (Å²) in [6, 6.07) is -0.264. The number of nitrogens with two attached hydrogens (primary N) is 1. The normalized spacial score (nSPS) is 42.0. The summed E-state index contributed by atoms with van der Waals surface area (Å²) in [5.74, 6) is 0. The highest BCUT2D eigenvalue weighted by Crippen LogP contribution is 1.99. The van der Waals surface area contributed by atoms with Gasteiger partial charge in [0, 0.05) is 19.1 Å². The molecule has 0 radical (unpaired) electrons. The van der Waals surface area contributed by atoms with Crippen LogP contribution in [0.25, 0.3) is 0 Å². The van der Waals surface area contributed by atoms with Gasteiger partial charge in [-0.25, -0.2) is 4.39 Å². The third-order valence-corrected chi connectivity index (χ3v) is 1.18. The summed E-state index contributed by atoms with van der Waals surface area (Å²) >= 11 is 0. The highest BCUT2D eigenvalue weighted by Gasteiger charge is 2.21. The van der Waals surface area contributed by atoms with Crippen molar-refractivity contribution in [1.82, 2.24) is 5.32 Å². The zero-order valence-corrected chi connectivity index (χ0v) is 4.02. The maximum absolute atomic E-state index is 12.1. The van der Waals surface area contributed by atoms with Crippen molar-refractivity contribution in [1.29, 1.82) is 0 Å². The van der Waals surface area contributed by atoms with Crippen LogP contribution in [-0.2, 0) is 0 Å². The molecule has 42 valence electrons. The molecule has 1 heterocycles. The van der Waals surface area contributed by atoms with Crippen LogP contribution in [-0.4, -0.2) is 25.3 Å². The Morgan fingerprint density at radius 3 is 2.43 bits per heavy atom. The molecule has 0 aromatic carbocycles. The van der Waals surface area contributed by atoms with Crippen LogP contribution in [0.2, 0.25) is 0 Å². The van der Waals surface area contributed by atoms with Crippen LogP contribution in [0.3, 0.4) is 0 Å². The van der Waals surface area contributed by atoms with Gasteiger partial charge >= 0.3 is 0 Å². The SMILES string of the molecule is N[C@@H]1CNC[C@@H]1F. The Morgan fingerprint density at radius 1 is 1.57 bits per heavy atom. The van der Waals surface area contributed by atoms with Crippen molar-refractivity contribution in [3.05, 3.63) is 0 Å². The summed E-state index contributed by atoms with van der Waals surface area (Å²) in [6.45, 7) is 1.06. The first-order valence-electron chi connectivity index (χ1n) is 2.41. The smallest absolute Gasteiger partial charge is 0.129 e. The number of rotatable bonds is 0. The first kappa shape index (κ1) is 5.00. The van der Waals surface area contributed by atoms with Gasteiger partial charge in [-0.2, -0.15) is 0 Å². The second-order valence-electron chi connectivity index (χ2n) is 1.84. The van der Waals surface area contributed by atoms with Gasteiger partial charge in [0.1, 0.15) is 6.17 Å². The van der Waals surface area contributed by atoms with Crippen LogP contribution in [0.1, 0.15) is 0 Å². The first-order chi connectivity index (χ1) is 3.30. The number of hydrogen-bond donors (Lipinski definition) is 2. The molecule has 1 aliphatic heterocycles. The molecule has 1 fully saturated rings. The second-order valence-corrected chi connectivity index (χ2v) is 1.84. The van der Waals surface area contributed by atoms with Gasteiger partial charge in [-0.1, -0.05) is 0 Å². The average Bonchev–Trinajstić information content (AvgIpc) is 1.91. The molecule has 1 aliphatic rings. The molecule has 3 heteroatoms. The summed E-state index contributed by atoms with van der Waals surface area (Å²) in [6.07, 6.45) is -0.819. The van der Waals surface area contributed by atoms with E-state index < -0.39 is 6.17 Å². The van der Waals surface area contributed by atoms with Crippen molar-refractivity contribution >= 4 is 0 Å².